The van der Waals surface area contributed by atoms with Crippen molar-refractivity contribution in [3.05, 3.63) is 51.6 Å². The highest BCUT2D eigenvalue weighted by Crippen LogP contribution is 2.32. The van der Waals surface area contributed by atoms with Crippen LogP contribution in [-0.2, 0) is 13.0 Å². The first-order chi connectivity index (χ1) is 11.1. The van der Waals surface area contributed by atoms with Crippen LogP contribution in [0.4, 0.5) is 5.69 Å². The maximum absolute atomic E-state index is 6.31. The van der Waals surface area contributed by atoms with E-state index in [1.165, 1.54) is 5.82 Å². The Hall–Kier alpha value is -1.59. The molecule has 0 spiro atoms. The van der Waals surface area contributed by atoms with Crippen LogP contribution in [0.1, 0.15) is 17.9 Å². The van der Waals surface area contributed by atoms with Gasteiger partial charge in [-0.25, -0.2) is 4.98 Å². The Morgan fingerprint density at radius 1 is 1.39 bits per heavy atom. The molecule has 0 bridgehead atoms. The van der Waals surface area contributed by atoms with Gasteiger partial charge in [0, 0.05) is 46.9 Å². The number of aromatic nitrogens is 3. The molecule has 1 N–H and O–H groups in total. The highest BCUT2D eigenvalue weighted by molar-refractivity contribution is 9.10. The van der Waals surface area contributed by atoms with E-state index >= 15 is 0 Å². The summed E-state index contributed by atoms with van der Waals surface area (Å²) in [7, 11) is 0. The van der Waals surface area contributed by atoms with Crippen molar-refractivity contribution in [2.24, 2.45) is 0 Å². The number of nitrogens with zero attached hydrogens (tertiary/aromatic N) is 3. The zero-order chi connectivity index (χ0) is 16.0. The lowest BCUT2D eigenvalue weighted by molar-refractivity contribution is 0.477. The maximum atomic E-state index is 6.31. The molecule has 0 radical (unpaired) electrons. The minimum atomic E-state index is 0.374. The lowest BCUT2D eigenvalue weighted by Crippen LogP contribution is -2.31. The van der Waals surface area contributed by atoms with E-state index in [1.807, 2.05) is 19.1 Å². The zero-order valence-electron chi connectivity index (χ0n) is 12.7. The monoisotopic (exact) mass is 390 g/mol. The summed E-state index contributed by atoms with van der Waals surface area (Å²) in [5.41, 5.74) is 2.99. The van der Waals surface area contributed by atoms with Crippen LogP contribution in [0.2, 0.25) is 5.02 Å². The summed E-state index contributed by atoms with van der Waals surface area (Å²) in [5, 5.41) is 5.36. The molecule has 1 unspecified atom stereocenters. The minimum Gasteiger partial charge on any atom is -0.380 e. The number of pyridine rings is 1. The van der Waals surface area contributed by atoms with Gasteiger partial charge in [0.25, 0.3) is 0 Å². The molecule has 1 aliphatic rings. The highest BCUT2D eigenvalue weighted by atomic mass is 79.9. The molecule has 0 saturated carbocycles. The van der Waals surface area contributed by atoms with Crippen LogP contribution in [0.15, 0.2) is 35.1 Å². The van der Waals surface area contributed by atoms with Crippen LogP contribution >= 0.6 is 27.5 Å². The van der Waals surface area contributed by atoms with E-state index in [0.29, 0.717) is 11.1 Å². The molecule has 0 fully saturated rings. The van der Waals surface area contributed by atoms with Gasteiger partial charge in [0.05, 0.1) is 16.2 Å². The third-order valence-electron chi connectivity index (χ3n) is 4.24. The Kier molecular flexibility index (Phi) is 3.77. The Morgan fingerprint density at radius 2 is 2.26 bits per heavy atom. The summed E-state index contributed by atoms with van der Waals surface area (Å²) in [6.07, 6.45) is 6.00. The number of aryl methyl sites for hydroxylation is 2. The number of hydrogen-bond donors (Lipinski definition) is 1. The number of fused-ring (bicyclic) bond motifs is 2. The molecule has 118 valence electrons. The molecular weight excluding hydrogens is 376 g/mol. The van der Waals surface area contributed by atoms with E-state index in [1.54, 1.807) is 6.20 Å². The first-order valence-corrected chi connectivity index (χ1v) is 8.80. The first kappa shape index (κ1) is 15.0. The van der Waals surface area contributed by atoms with Crippen molar-refractivity contribution in [3.8, 4) is 0 Å². The van der Waals surface area contributed by atoms with Crippen molar-refractivity contribution >= 4 is 44.1 Å². The molecule has 3 heterocycles. The van der Waals surface area contributed by atoms with Crippen molar-refractivity contribution in [2.75, 3.05) is 5.32 Å². The van der Waals surface area contributed by atoms with Crippen LogP contribution in [0.5, 0.6) is 0 Å². The van der Waals surface area contributed by atoms with Gasteiger partial charge in [0.1, 0.15) is 5.82 Å². The molecule has 23 heavy (non-hydrogen) atoms. The van der Waals surface area contributed by atoms with E-state index in [-0.39, 0.29) is 0 Å². The molecule has 1 aromatic carbocycles. The lowest BCUT2D eigenvalue weighted by atomic mass is 10.1. The van der Waals surface area contributed by atoms with Gasteiger partial charge in [0.15, 0.2) is 0 Å². The predicted molar refractivity (Wildman–Crippen MR) is 97.1 cm³/mol. The van der Waals surface area contributed by atoms with Crippen molar-refractivity contribution in [3.63, 3.8) is 0 Å². The fourth-order valence-electron chi connectivity index (χ4n) is 3.23. The molecule has 3 aromatic rings. The standard InChI is InChI=1S/C17H16BrClN4/c1-10-8-23-9-12(2-3-16(23)21-10)22-15-4-5-20-17-13(15)6-11(18)7-14(17)19/h4-8,12H,2-3,9H2,1H3,(H,20,22). The molecule has 0 aliphatic carbocycles. The van der Waals surface area contributed by atoms with Crippen molar-refractivity contribution in [2.45, 2.75) is 32.4 Å². The summed E-state index contributed by atoms with van der Waals surface area (Å²) in [6, 6.07) is 6.33. The zero-order valence-corrected chi connectivity index (χ0v) is 15.0. The number of benzene rings is 1. The Morgan fingerprint density at radius 3 is 3.13 bits per heavy atom. The lowest BCUT2D eigenvalue weighted by Gasteiger charge is -2.26. The largest absolute Gasteiger partial charge is 0.380 e. The van der Waals surface area contributed by atoms with Gasteiger partial charge in [-0.2, -0.15) is 0 Å². The maximum Gasteiger partial charge on any atom is 0.109 e. The van der Waals surface area contributed by atoms with Gasteiger partial charge >= 0.3 is 0 Å². The molecule has 6 heteroatoms. The Balaban J connectivity index is 1.66. The van der Waals surface area contributed by atoms with Gasteiger partial charge in [-0.15, -0.1) is 0 Å². The molecular formula is C17H16BrClN4. The number of anilines is 1. The third kappa shape index (κ3) is 2.83. The van der Waals surface area contributed by atoms with Gasteiger partial charge in [0.2, 0.25) is 0 Å². The van der Waals surface area contributed by atoms with Crippen LogP contribution in [0.3, 0.4) is 0 Å². The molecule has 0 amide bonds. The number of rotatable bonds is 2. The van der Waals surface area contributed by atoms with Crippen LogP contribution in [0, 0.1) is 6.92 Å². The van der Waals surface area contributed by atoms with Gasteiger partial charge in [-0.05, 0) is 31.5 Å². The van der Waals surface area contributed by atoms with E-state index in [9.17, 15) is 0 Å². The Labute approximate surface area is 148 Å². The van der Waals surface area contributed by atoms with Gasteiger partial charge < -0.3 is 9.88 Å². The summed E-state index contributed by atoms with van der Waals surface area (Å²) in [5.74, 6) is 1.19. The summed E-state index contributed by atoms with van der Waals surface area (Å²) < 4.78 is 3.21. The molecule has 0 saturated heterocycles. The molecule has 1 atom stereocenters. The van der Waals surface area contributed by atoms with Crippen molar-refractivity contribution < 1.29 is 0 Å². The quantitative estimate of drug-likeness (QED) is 0.695. The van der Waals surface area contributed by atoms with E-state index in [4.69, 9.17) is 11.6 Å². The number of hydrogen-bond acceptors (Lipinski definition) is 3. The van der Waals surface area contributed by atoms with E-state index < -0.39 is 0 Å². The Bertz CT molecular complexity index is 890. The van der Waals surface area contributed by atoms with E-state index in [0.717, 1.165) is 46.1 Å². The second kappa shape index (κ2) is 5.80. The SMILES string of the molecule is Cc1cn2c(n1)CCC(Nc1ccnc3c(Cl)cc(Br)cc13)C2. The average Bonchev–Trinajstić information content (AvgIpc) is 2.87. The van der Waals surface area contributed by atoms with Crippen LogP contribution in [-0.4, -0.2) is 20.6 Å². The first-order valence-electron chi connectivity index (χ1n) is 7.63. The second-order valence-corrected chi connectivity index (χ2v) is 7.30. The predicted octanol–water partition coefficient (Wildman–Crippen LogP) is 4.58. The normalized spacial score (nSPS) is 17.3. The summed E-state index contributed by atoms with van der Waals surface area (Å²) in [6.45, 7) is 2.98. The number of imidazole rings is 1. The molecule has 4 nitrogen and oxygen atoms in total. The summed E-state index contributed by atoms with van der Waals surface area (Å²) in [4.78, 5) is 8.97. The average molecular weight is 392 g/mol. The second-order valence-electron chi connectivity index (χ2n) is 5.97. The third-order valence-corrected chi connectivity index (χ3v) is 4.98. The highest BCUT2D eigenvalue weighted by Gasteiger charge is 2.20. The number of halogens is 2. The molecule has 1 aliphatic heterocycles. The number of nitrogens with one attached hydrogen (secondary N) is 1. The van der Waals surface area contributed by atoms with Gasteiger partial charge in [-0.3, -0.25) is 4.98 Å². The minimum absolute atomic E-state index is 0.374. The fourth-order valence-corrected chi connectivity index (χ4v) is 4.09. The molecule has 2 aromatic heterocycles. The fraction of sp³-hybridized carbons (Fsp3) is 0.294. The van der Waals surface area contributed by atoms with E-state index in [2.05, 4.69) is 48.0 Å². The summed E-state index contributed by atoms with van der Waals surface area (Å²) >= 11 is 9.83. The van der Waals surface area contributed by atoms with Crippen molar-refractivity contribution in [1.29, 1.82) is 0 Å². The smallest absolute Gasteiger partial charge is 0.109 e. The van der Waals surface area contributed by atoms with Crippen molar-refractivity contribution in [1.82, 2.24) is 14.5 Å². The topological polar surface area (TPSA) is 42.7 Å². The van der Waals surface area contributed by atoms with Crippen LogP contribution < -0.4 is 5.32 Å². The van der Waals surface area contributed by atoms with Gasteiger partial charge in [-0.1, -0.05) is 27.5 Å². The molecule has 4 rings (SSSR count). The van der Waals surface area contributed by atoms with Crippen LogP contribution in [0.25, 0.3) is 10.9 Å².